The highest BCUT2D eigenvalue weighted by Crippen LogP contribution is 2.70. The first-order valence-electron chi connectivity index (χ1n) is 14.9. The van der Waals surface area contributed by atoms with E-state index in [2.05, 4.69) is 13.8 Å². The SMILES string of the molecule is CO[C@H]1[C@@H](O)[C@H](C)O[C@@H](O[C@H]2CC[C@@]3(C)[C@@H](CC[C@H]4[C@H]3[C@@H](O)C[C@]3(C)[C@H](C5=CC(=O)OC5)CC[C@]43O)C2)[C@@H]1O. The molecule has 2 aliphatic heterocycles. The summed E-state index contributed by atoms with van der Waals surface area (Å²) in [5, 5.41) is 45.2. The molecule has 1 saturated heterocycles. The zero-order valence-corrected chi connectivity index (χ0v) is 23.6. The first-order chi connectivity index (χ1) is 18.4. The number of aliphatic hydroxyl groups is 4. The average molecular weight is 551 g/mol. The van der Waals surface area contributed by atoms with E-state index in [1.807, 2.05) is 0 Å². The van der Waals surface area contributed by atoms with Crippen molar-refractivity contribution in [3.05, 3.63) is 11.6 Å². The van der Waals surface area contributed by atoms with Crippen LogP contribution in [0, 0.1) is 34.5 Å². The summed E-state index contributed by atoms with van der Waals surface area (Å²) in [6.07, 6.45) is 3.05. The van der Waals surface area contributed by atoms with Crippen LogP contribution in [0.5, 0.6) is 0 Å². The molecule has 6 rings (SSSR count). The predicted octanol–water partition coefficient (Wildman–Crippen LogP) is 2.08. The van der Waals surface area contributed by atoms with Gasteiger partial charge in [0.1, 0.15) is 24.9 Å². The second-order valence-electron chi connectivity index (χ2n) is 13.9. The second-order valence-corrected chi connectivity index (χ2v) is 13.9. The van der Waals surface area contributed by atoms with Gasteiger partial charge in [0.15, 0.2) is 6.29 Å². The van der Waals surface area contributed by atoms with E-state index in [-0.39, 0.29) is 35.2 Å². The summed E-state index contributed by atoms with van der Waals surface area (Å²) < 4.78 is 22.7. The zero-order valence-electron chi connectivity index (χ0n) is 23.6. The van der Waals surface area contributed by atoms with Crippen molar-refractivity contribution in [3.8, 4) is 0 Å². The van der Waals surface area contributed by atoms with Gasteiger partial charge >= 0.3 is 5.97 Å². The van der Waals surface area contributed by atoms with Gasteiger partial charge in [0.25, 0.3) is 0 Å². The molecule has 39 heavy (non-hydrogen) atoms. The number of methoxy groups -OCH3 is 1. The van der Waals surface area contributed by atoms with Crippen LogP contribution >= 0.6 is 0 Å². The van der Waals surface area contributed by atoms with E-state index in [0.717, 1.165) is 44.1 Å². The van der Waals surface area contributed by atoms with Crippen LogP contribution in [0.25, 0.3) is 0 Å². The highest BCUT2D eigenvalue weighted by atomic mass is 16.7. The Morgan fingerprint density at radius 3 is 2.51 bits per heavy atom. The molecule has 4 N–H and O–H groups in total. The zero-order chi connectivity index (χ0) is 27.9. The molecule has 0 aromatic heterocycles. The van der Waals surface area contributed by atoms with Gasteiger partial charge < -0.3 is 39.4 Å². The number of carbonyl (C=O) groups excluding carboxylic acids is 1. The lowest BCUT2D eigenvalue weighted by molar-refractivity contribution is -0.314. The quantitative estimate of drug-likeness (QED) is 0.307. The fraction of sp³-hybridized carbons (Fsp3) is 0.900. The van der Waals surface area contributed by atoms with E-state index >= 15 is 0 Å². The van der Waals surface area contributed by atoms with Gasteiger partial charge in [-0.1, -0.05) is 13.8 Å². The van der Waals surface area contributed by atoms with E-state index < -0.39 is 47.8 Å². The molecule has 14 atom stereocenters. The first-order valence-corrected chi connectivity index (χ1v) is 14.9. The lowest BCUT2D eigenvalue weighted by Gasteiger charge is -2.65. The van der Waals surface area contributed by atoms with Gasteiger partial charge in [-0.15, -0.1) is 0 Å². The molecule has 4 aliphatic carbocycles. The van der Waals surface area contributed by atoms with Gasteiger partial charge in [0.2, 0.25) is 0 Å². The highest BCUT2D eigenvalue weighted by molar-refractivity contribution is 5.85. The van der Waals surface area contributed by atoms with Crippen LogP contribution in [0.3, 0.4) is 0 Å². The molecule has 220 valence electrons. The van der Waals surface area contributed by atoms with Crippen LogP contribution in [0.15, 0.2) is 11.6 Å². The summed E-state index contributed by atoms with van der Waals surface area (Å²) in [5.41, 5.74) is -0.550. The van der Waals surface area contributed by atoms with Crippen LogP contribution in [-0.4, -0.2) is 88.6 Å². The Morgan fingerprint density at radius 2 is 1.82 bits per heavy atom. The standard InChI is InChI=1S/C30H46O9/c1-15-24(33)26(36-4)25(34)27(38-15)39-18-7-9-28(2)17(12-18)5-6-20-23(28)21(31)13-29(3)19(8-10-30(20,29)35)16-11-22(32)37-14-16/h11,15,17-21,23-27,31,33-35H,5-10,12-14H2,1-4H3/t15-,17-,18-,19-,20-,21-,23-,24-,25+,26-,27-,28-,29+,30-/m0/s1. The molecule has 5 fully saturated rings. The van der Waals surface area contributed by atoms with Crippen molar-refractivity contribution in [1.29, 1.82) is 0 Å². The number of esters is 1. The Labute approximate surface area is 230 Å². The fourth-order valence-electron chi connectivity index (χ4n) is 10.2. The van der Waals surface area contributed by atoms with E-state index in [0.29, 0.717) is 25.4 Å². The van der Waals surface area contributed by atoms with Gasteiger partial charge in [-0.25, -0.2) is 4.79 Å². The lowest BCUT2D eigenvalue weighted by atomic mass is 9.42. The third kappa shape index (κ3) is 4.09. The maximum Gasteiger partial charge on any atom is 0.331 e. The summed E-state index contributed by atoms with van der Waals surface area (Å²) in [4.78, 5) is 11.8. The van der Waals surface area contributed by atoms with Crippen LogP contribution in [0.4, 0.5) is 0 Å². The van der Waals surface area contributed by atoms with Crippen molar-refractivity contribution in [1.82, 2.24) is 0 Å². The van der Waals surface area contributed by atoms with Gasteiger partial charge in [-0.05, 0) is 93.0 Å². The van der Waals surface area contributed by atoms with Crippen molar-refractivity contribution in [2.24, 2.45) is 34.5 Å². The third-order valence-electron chi connectivity index (χ3n) is 12.3. The Kier molecular flexibility index (Phi) is 7.02. The van der Waals surface area contributed by atoms with E-state index in [4.69, 9.17) is 18.9 Å². The summed E-state index contributed by atoms with van der Waals surface area (Å²) in [6, 6.07) is 0. The molecule has 0 aromatic carbocycles. The summed E-state index contributed by atoms with van der Waals surface area (Å²) in [5.74, 6) is 0.0523. The molecule has 0 amide bonds. The largest absolute Gasteiger partial charge is 0.458 e. The summed E-state index contributed by atoms with van der Waals surface area (Å²) in [7, 11) is 1.47. The molecule has 6 aliphatic rings. The molecule has 9 heteroatoms. The number of hydrogen-bond acceptors (Lipinski definition) is 9. The molecule has 0 spiro atoms. The smallest absolute Gasteiger partial charge is 0.331 e. The normalized spacial score (nSPS) is 55.3. The van der Waals surface area contributed by atoms with Crippen molar-refractivity contribution in [3.63, 3.8) is 0 Å². The van der Waals surface area contributed by atoms with Gasteiger partial charge in [0.05, 0.1) is 23.9 Å². The minimum atomic E-state index is -1.08. The Bertz CT molecular complexity index is 1000. The van der Waals surface area contributed by atoms with Crippen LogP contribution < -0.4 is 0 Å². The van der Waals surface area contributed by atoms with Crippen molar-refractivity contribution in [2.45, 2.75) is 121 Å². The monoisotopic (exact) mass is 550 g/mol. The van der Waals surface area contributed by atoms with Gasteiger partial charge in [-0.2, -0.15) is 0 Å². The molecule has 9 nitrogen and oxygen atoms in total. The maximum absolute atomic E-state index is 12.4. The third-order valence-corrected chi connectivity index (χ3v) is 12.3. The molecule has 4 saturated carbocycles. The number of rotatable bonds is 4. The molecule has 0 radical (unpaired) electrons. The number of fused-ring (bicyclic) bond motifs is 5. The van der Waals surface area contributed by atoms with Gasteiger partial charge in [-0.3, -0.25) is 0 Å². The Hall–Kier alpha value is -1.07. The van der Waals surface area contributed by atoms with Gasteiger partial charge in [0, 0.05) is 18.6 Å². The average Bonchev–Trinajstić information content (AvgIpc) is 3.42. The number of ether oxygens (including phenoxy) is 4. The van der Waals surface area contributed by atoms with Crippen LogP contribution in [0.2, 0.25) is 0 Å². The number of carbonyl (C=O) groups is 1. The molecular weight excluding hydrogens is 504 g/mol. The topological polar surface area (TPSA) is 135 Å². The lowest BCUT2D eigenvalue weighted by Crippen LogP contribution is -2.66. The van der Waals surface area contributed by atoms with E-state index in [1.54, 1.807) is 13.0 Å². The summed E-state index contributed by atoms with van der Waals surface area (Å²) >= 11 is 0. The Morgan fingerprint density at radius 1 is 1.05 bits per heavy atom. The predicted molar refractivity (Wildman–Crippen MR) is 139 cm³/mol. The van der Waals surface area contributed by atoms with Crippen molar-refractivity contribution in [2.75, 3.05) is 13.7 Å². The summed E-state index contributed by atoms with van der Waals surface area (Å²) in [6.45, 7) is 6.46. The van der Waals surface area contributed by atoms with Crippen molar-refractivity contribution >= 4 is 5.97 Å². The van der Waals surface area contributed by atoms with Crippen molar-refractivity contribution < 1.29 is 44.2 Å². The molecule has 0 unspecified atom stereocenters. The maximum atomic E-state index is 12.4. The molecule has 2 heterocycles. The minimum absolute atomic E-state index is 0.00175. The number of cyclic esters (lactones) is 1. The van der Waals surface area contributed by atoms with E-state index in [9.17, 15) is 25.2 Å². The fourth-order valence-corrected chi connectivity index (χ4v) is 10.2. The first kappa shape index (κ1) is 28.1. The molecule has 0 aromatic rings. The highest BCUT2D eigenvalue weighted by Gasteiger charge is 2.70. The molecule has 0 bridgehead atoms. The van der Waals surface area contributed by atoms with Crippen LogP contribution in [-0.2, 0) is 23.7 Å². The van der Waals surface area contributed by atoms with Crippen LogP contribution in [0.1, 0.15) is 72.1 Å². The number of hydrogen-bond donors (Lipinski definition) is 4. The second kappa shape index (κ2) is 9.75. The minimum Gasteiger partial charge on any atom is -0.458 e. The van der Waals surface area contributed by atoms with E-state index in [1.165, 1.54) is 7.11 Å². The number of aliphatic hydroxyl groups excluding tert-OH is 3. The molecular formula is C30H46O9. The Balaban J connectivity index is 1.18.